The van der Waals surface area contributed by atoms with E-state index in [1.54, 1.807) is 6.92 Å². The van der Waals surface area contributed by atoms with Crippen molar-refractivity contribution in [1.29, 1.82) is 0 Å². The van der Waals surface area contributed by atoms with Gasteiger partial charge in [-0.1, -0.05) is 31.2 Å². The largest absolute Gasteiger partial charge is 0.421 e. The Bertz CT molecular complexity index is 1680. The first-order valence-corrected chi connectivity index (χ1v) is 13.6. The number of fused-ring (bicyclic) bond motifs is 1. The van der Waals surface area contributed by atoms with Crippen LogP contribution in [0, 0.1) is 0 Å². The van der Waals surface area contributed by atoms with E-state index >= 15 is 0 Å². The molecule has 0 unspecified atom stereocenters. The zero-order valence-corrected chi connectivity index (χ0v) is 21.3. The van der Waals surface area contributed by atoms with Crippen LogP contribution in [0.3, 0.4) is 0 Å². The zero-order chi connectivity index (χ0) is 26.7. The van der Waals surface area contributed by atoms with Crippen LogP contribution >= 0.6 is 0 Å². The van der Waals surface area contributed by atoms with E-state index in [9.17, 15) is 26.4 Å². The number of hydrogen-bond donors (Lipinski definition) is 0. The average Bonchev–Trinajstić information content (AvgIpc) is 3.67. The fraction of sp³-hybridized carbons (Fsp3) is 0.346. The summed E-state index contributed by atoms with van der Waals surface area (Å²) < 4.78 is 69.2. The molecule has 7 nitrogen and oxygen atoms in total. The molecule has 0 atom stereocenters. The summed E-state index contributed by atoms with van der Waals surface area (Å²) in [5, 5.41) is 0. The van der Waals surface area contributed by atoms with Crippen LogP contribution in [0.15, 0.2) is 52.3 Å². The van der Waals surface area contributed by atoms with Gasteiger partial charge in [0.15, 0.2) is 21.3 Å². The van der Waals surface area contributed by atoms with Gasteiger partial charge in [0.1, 0.15) is 11.3 Å². The number of nitrogens with zero attached hydrogens (tertiary/aromatic N) is 4. The van der Waals surface area contributed by atoms with Crippen LogP contribution in [0.5, 0.6) is 0 Å². The monoisotopic (exact) mass is 530 g/mol. The lowest BCUT2D eigenvalue weighted by Crippen LogP contribution is -2.28. The molecule has 4 aromatic rings. The molecule has 1 aliphatic rings. The van der Waals surface area contributed by atoms with Crippen molar-refractivity contribution in [3.05, 3.63) is 64.1 Å². The Balaban J connectivity index is 1.72. The minimum atomic E-state index is -4.85. The van der Waals surface area contributed by atoms with Crippen LogP contribution in [0.2, 0.25) is 0 Å². The molecule has 0 radical (unpaired) electrons. The number of aryl methyl sites for hydroxylation is 2. The van der Waals surface area contributed by atoms with E-state index in [0.717, 1.165) is 16.2 Å². The number of pyridine rings is 2. The van der Waals surface area contributed by atoms with Crippen LogP contribution in [0.25, 0.3) is 33.8 Å². The molecular weight excluding hydrogens is 505 g/mol. The SMILES string of the molecule is CCn1c(=O)c(C(F)(F)F)cc2c1nc(-c1ncc(-c3ccc(C4CC4)cc3)cc1S(=O)(=O)CC)n2C. The number of imidazole rings is 1. The molecular formula is C26H25F3N4O3S. The van der Waals surface area contributed by atoms with Gasteiger partial charge in [0, 0.05) is 25.4 Å². The van der Waals surface area contributed by atoms with Gasteiger partial charge in [-0.25, -0.2) is 13.4 Å². The van der Waals surface area contributed by atoms with Gasteiger partial charge < -0.3 is 4.57 Å². The number of rotatable bonds is 6. The second-order valence-electron chi connectivity index (χ2n) is 9.18. The Morgan fingerprint density at radius 3 is 2.30 bits per heavy atom. The minimum Gasteiger partial charge on any atom is -0.324 e. The highest BCUT2D eigenvalue weighted by molar-refractivity contribution is 7.91. The molecule has 11 heteroatoms. The third-order valence-corrected chi connectivity index (χ3v) is 8.57. The zero-order valence-electron chi connectivity index (χ0n) is 20.5. The summed E-state index contributed by atoms with van der Waals surface area (Å²) in [7, 11) is -2.32. The molecule has 1 aromatic carbocycles. The Morgan fingerprint density at radius 2 is 1.73 bits per heavy atom. The molecule has 0 saturated heterocycles. The summed E-state index contributed by atoms with van der Waals surface area (Å²) in [6.07, 6.45) is -0.979. The van der Waals surface area contributed by atoms with Crippen LogP contribution in [0.1, 0.15) is 43.7 Å². The van der Waals surface area contributed by atoms with Crippen LogP contribution < -0.4 is 5.56 Å². The summed E-state index contributed by atoms with van der Waals surface area (Å²) in [4.78, 5) is 21.3. The van der Waals surface area contributed by atoms with Gasteiger partial charge in [-0.2, -0.15) is 13.2 Å². The molecule has 5 rings (SSSR count). The van der Waals surface area contributed by atoms with E-state index in [4.69, 9.17) is 0 Å². The van der Waals surface area contributed by atoms with Gasteiger partial charge in [0.25, 0.3) is 5.56 Å². The molecule has 194 valence electrons. The fourth-order valence-corrected chi connectivity index (χ4v) is 5.59. The van der Waals surface area contributed by atoms with E-state index in [2.05, 4.69) is 9.97 Å². The number of hydrogen-bond acceptors (Lipinski definition) is 5. The second kappa shape index (κ2) is 8.83. The first kappa shape index (κ1) is 25.2. The molecule has 0 bridgehead atoms. The summed E-state index contributed by atoms with van der Waals surface area (Å²) >= 11 is 0. The van der Waals surface area contributed by atoms with E-state index in [0.29, 0.717) is 11.5 Å². The number of sulfone groups is 1. The van der Waals surface area contributed by atoms with Crippen molar-refractivity contribution in [3.63, 3.8) is 0 Å². The summed E-state index contributed by atoms with van der Waals surface area (Å²) in [5.41, 5.74) is 0.223. The predicted molar refractivity (Wildman–Crippen MR) is 134 cm³/mol. The molecule has 1 aliphatic carbocycles. The maximum absolute atomic E-state index is 13.6. The van der Waals surface area contributed by atoms with Gasteiger partial charge in [0.2, 0.25) is 0 Å². The van der Waals surface area contributed by atoms with Gasteiger partial charge in [-0.15, -0.1) is 0 Å². The van der Waals surface area contributed by atoms with Crippen molar-refractivity contribution in [2.45, 2.75) is 50.2 Å². The summed E-state index contributed by atoms with van der Waals surface area (Å²) in [6.45, 7) is 3.01. The van der Waals surface area contributed by atoms with Crippen molar-refractivity contribution >= 4 is 21.0 Å². The topological polar surface area (TPSA) is 86.8 Å². The summed E-state index contributed by atoms with van der Waals surface area (Å²) in [5.74, 6) is 0.438. The van der Waals surface area contributed by atoms with E-state index in [1.807, 2.05) is 24.3 Å². The van der Waals surface area contributed by atoms with Gasteiger partial charge in [-0.3, -0.25) is 14.3 Å². The fourth-order valence-electron chi connectivity index (χ4n) is 4.53. The summed E-state index contributed by atoms with van der Waals surface area (Å²) in [6, 6.07) is 10.2. The van der Waals surface area contributed by atoms with Crippen molar-refractivity contribution in [3.8, 4) is 22.6 Å². The van der Waals surface area contributed by atoms with Crippen molar-refractivity contribution < 1.29 is 21.6 Å². The standard InChI is InChI=1S/C26H25F3N4O3S/c1-4-33-23-20(13-19(25(33)34)26(27,28)29)32(3)24(31-23)22-21(37(35,36)5-2)12-18(14-30-22)17-10-8-16(9-11-17)15-6-7-15/h8-15H,4-7H2,1-3H3. The highest BCUT2D eigenvalue weighted by Gasteiger charge is 2.36. The lowest BCUT2D eigenvalue weighted by Gasteiger charge is -2.12. The van der Waals surface area contributed by atoms with Gasteiger partial charge in [0.05, 0.1) is 16.2 Å². The normalized spacial score (nSPS) is 14.4. The van der Waals surface area contributed by atoms with Crippen LogP contribution in [0.4, 0.5) is 13.2 Å². The van der Waals surface area contributed by atoms with Gasteiger partial charge >= 0.3 is 6.18 Å². The highest BCUT2D eigenvalue weighted by Crippen LogP contribution is 2.41. The molecule has 0 aliphatic heterocycles. The maximum atomic E-state index is 13.6. The Morgan fingerprint density at radius 1 is 1.05 bits per heavy atom. The average molecular weight is 531 g/mol. The molecule has 1 fully saturated rings. The Labute approximate surface area is 211 Å². The third kappa shape index (κ3) is 4.35. The van der Waals surface area contributed by atoms with Crippen LogP contribution in [-0.2, 0) is 29.6 Å². The molecule has 0 N–H and O–H groups in total. The number of alkyl halides is 3. The first-order chi connectivity index (χ1) is 17.5. The number of aromatic nitrogens is 4. The Hall–Kier alpha value is -3.47. The van der Waals surface area contributed by atoms with Crippen molar-refractivity contribution in [2.24, 2.45) is 7.05 Å². The lowest BCUT2D eigenvalue weighted by atomic mass is 10.0. The smallest absolute Gasteiger partial charge is 0.324 e. The van der Waals surface area contributed by atoms with E-state index < -0.39 is 27.1 Å². The molecule has 0 amide bonds. The van der Waals surface area contributed by atoms with Crippen molar-refractivity contribution in [1.82, 2.24) is 19.1 Å². The molecule has 3 heterocycles. The van der Waals surface area contributed by atoms with E-state index in [-0.39, 0.29) is 39.9 Å². The molecule has 1 saturated carbocycles. The quantitative estimate of drug-likeness (QED) is 0.343. The molecule has 3 aromatic heterocycles. The lowest BCUT2D eigenvalue weighted by molar-refractivity contribution is -0.138. The Kier molecular flexibility index (Phi) is 6.01. The third-order valence-electron chi connectivity index (χ3n) is 6.83. The predicted octanol–water partition coefficient (Wildman–Crippen LogP) is 5.17. The second-order valence-corrected chi connectivity index (χ2v) is 11.4. The van der Waals surface area contributed by atoms with Gasteiger partial charge in [-0.05, 0) is 48.9 Å². The number of halogens is 3. The molecule has 37 heavy (non-hydrogen) atoms. The van der Waals surface area contributed by atoms with E-state index in [1.165, 1.54) is 49.2 Å². The van der Waals surface area contributed by atoms with Crippen LogP contribution in [-0.4, -0.2) is 33.3 Å². The first-order valence-electron chi connectivity index (χ1n) is 12.0. The minimum absolute atomic E-state index is 0.0163. The molecule has 0 spiro atoms. The highest BCUT2D eigenvalue weighted by atomic mass is 32.2. The van der Waals surface area contributed by atoms with Crippen molar-refractivity contribution in [2.75, 3.05) is 5.75 Å². The maximum Gasteiger partial charge on any atom is 0.421 e. The number of benzene rings is 1.